The number of para-hydroxylation sites is 1. The zero-order valence-corrected chi connectivity index (χ0v) is 16.5. The third-order valence-corrected chi connectivity index (χ3v) is 6.93. The summed E-state index contributed by atoms with van der Waals surface area (Å²) in [5.41, 5.74) is 5.11. The van der Waals surface area contributed by atoms with Crippen molar-refractivity contribution in [2.75, 3.05) is 7.05 Å². The van der Waals surface area contributed by atoms with Gasteiger partial charge in [0.2, 0.25) is 0 Å². The lowest BCUT2D eigenvalue weighted by molar-refractivity contribution is 0.161. The highest BCUT2D eigenvalue weighted by molar-refractivity contribution is 5.91. The Morgan fingerprint density at radius 3 is 2.52 bits per heavy atom. The molecule has 0 aliphatic carbocycles. The zero-order valence-electron chi connectivity index (χ0n) is 16.5. The normalized spacial score (nSPS) is 24.4. The van der Waals surface area contributed by atoms with Gasteiger partial charge in [-0.1, -0.05) is 35.5 Å². The minimum Gasteiger partial charge on any atom is -0.300 e. The Hall–Kier alpha value is -2.99. The zero-order chi connectivity index (χ0) is 19.4. The maximum Gasteiger partial charge on any atom is 0.134 e. The Morgan fingerprint density at radius 1 is 0.966 bits per heavy atom. The van der Waals surface area contributed by atoms with Crippen molar-refractivity contribution in [1.29, 1.82) is 0 Å². The number of nitrogens with one attached hydrogen (secondary N) is 1. The van der Waals surface area contributed by atoms with E-state index in [1.165, 1.54) is 31.2 Å². The Morgan fingerprint density at radius 2 is 1.72 bits per heavy atom. The summed E-state index contributed by atoms with van der Waals surface area (Å²) in [5, 5.41) is 17.3. The number of hydrogen-bond donors (Lipinski definition) is 1. The van der Waals surface area contributed by atoms with E-state index in [-0.39, 0.29) is 0 Å². The second-order valence-corrected chi connectivity index (χ2v) is 8.48. The molecule has 2 aliphatic rings. The molecule has 146 valence electrons. The van der Waals surface area contributed by atoms with Crippen LogP contribution >= 0.6 is 0 Å². The van der Waals surface area contributed by atoms with E-state index >= 15 is 0 Å². The van der Waals surface area contributed by atoms with Crippen molar-refractivity contribution in [3.05, 3.63) is 60.3 Å². The van der Waals surface area contributed by atoms with Crippen LogP contribution < -0.4 is 0 Å². The molecular formula is C23H24N6. The van der Waals surface area contributed by atoms with E-state index in [4.69, 9.17) is 0 Å². The van der Waals surface area contributed by atoms with Crippen LogP contribution in [-0.4, -0.2) is 49.2 Å². The molecule has 0 saturated carbocycles. The van der Waals surface area contributed by atoms with Gasteiger partial charge in [-0.2, -0.15) is 5.10 Å². The number of fused-ring (bicyclic) bond motifs is 3. The van der Waals surface area contributed by atoms with Crippen LogP contribution in [-0.2, 0) is 0 Å². The third kappa shape index (κ3) is 2.78. The molecule has 4 aromatic rings. The molecule has 6 heteroatoms. The molecule has 3 atom stereocenters. The van der Waals surface area contributed by atoms with E-state index in [9.17, 15) is 0 Å². The number of nitrogens with zero attached hydrogens (tertiary/aromatic N) is 5. The molecule has 6 rings (SSSR count). The molecule has 1 N–H and O–H groups in total. The molecular weight excluding hydrogens is 360 g/mol. The lowest BCUT2D eigenvalue weighted by Gasteiger charge is -2.36. The summed E-state index contributed by atoms with van der Waals surface area (Å²) in [4.78, 5) is 2.60. The van der Waals surface area contributed by atoms with E-state index in [1.807, 2.05) is 29.1 Å². The highest BCUT2D eigenvalue weighted by Crippen LogP contribution is 2.42. The first-order valence-corrected chi connectivity index (χ1v) is 10.4. The summed E-state index contributed by atoms with van der Waals surface area (Å²) >= 11 is 0. The topological polar surface area (TPSA) is 62.6 Å². The fourth-order valence-electron chi connectivity index (χ4n) is 5.24. The molecule has 2 aromatic heterocycles. The molecule has 0 amide bonds. The SMILES string of the molecule is CN1[C@@H]2CC[C@H]1C[C@@H](c1ccc(-n3cc(-c4n[nH]c5ccccc45)nn3)cc1)C2. The van der Waals surface area contributed by atoms with Gasteiger partial charge in [-0.05, 0) is 62.4 Å². The van der Waals surface area contributed by atoms with Crippen LogP contribution in [0.4, 0.5) is 0 Å². The van der Waals surface area contributed by atoms with E-state index in [1.54, 1.807) is 0 Å². The second kappa shape index (κ2) is 6.52. The van der Waals surface area contributed by atoms with Crippen molar-refractivity contribution in [2.45, 2.75) is 43.7 Å². The molecule has 2 fully saturated rings. The molecule has 29 heavy (non-hydrogen) atoms. The van der Waals surface area contributed by atoms with E-state index in [0.717, 1.165) is 40.1 Å². The van der Waals surface area contributed by atoms with Gasteiger partial charge >= 0.3 is 0 Å². The molecule has 0 spiro atoms. The number of piperidine rings is 1. The van der Waals surface area contributed by atoms with Gasteiger partial charge in [0.1, 0.15) is 11.4 Å². The fourth-order valence-corrected chi connectivity index (χ4v) is 5.24. The van der Waals surface area contributed by atoms with Gasteiger partial charge in [0.15, 0.2) is 0 Å². The van der Waals surface area contributed by atoms with Gasteiger partial charge < -0.3 is 4.90 Å². The quantitative estimate of drug-likeness (QED) is 0.576. The average Bonchev–Trinajstić information content (AvgIpc) is 3.44. The fraction of sp³-hybridized carbons (Fsp3) is 0.348. The Balaban J connectivity index is 1.25. The Kier molecular flexibility index (Phi) is 3.81. The minimum absolute atomic E-state index is 0.680. The van der Waals surface area contributed by atoms with E-state index in [0.29, 0.717) is 5.92 Å². The Bertz CT molecular complexity index is 1140. The van der Waals surface area contributed by atoms with Crippen LogP contribution in [0.1, 0.15) is 37.2 Å². The number of rotatable bonds is 3. The van der Waals surface area contributed by atoms with Gasteiger partial charge in [0, 0.05) is 17.5 Å². The van der Waals surface area contributed by atoms with Gasteiger partial charge in [0.05, 0.1) is 17.4 Å². The van der Waals surface area contributed by atoms with E-state index in [2.05, 4.69) is 62.8 Å². The second-order valence-electron chi connectivity index (χ2n) is 8.48. The first-order chi connectivity index (χ1) is 14.3. The van der Waals surface area contributed by atoms with Crippen LogP contribution in [0.15, 0.2) is 54.7 Å². The molecule has 2 bridgehead atoms. The standard InChI is InChI=1S/C23H24N6/c1-28-18-10-11-19(28)13-16(12-18)15-6-8-17(9-7-15)29-14-22(25-27-29)23-20-4-2-3-5-21(20)24-26-23/h2-9,14,16,18-19H,10-13H2,1H3,(H,24,26)/t16-,18+,19-. The van der Waals surface area contributed by atoms with Crippen molar-refractivity contribution in [3.63, 3.8) is 0 Å². The highest BCUT2D eigenvalue weighted by Gasteiger charge is 2.38. The molecule has 6 nitrogen and oxygen atoms in total. The minimum atomic E-state index is 0.680. The number of benzene rings is 2. The van der Waals surface area contributed by atoms with Crippen LogP contribution in [0.2, 0.25) is 0 Å². The van der Waals surface area contributed by atoms with Gasteiger partial charge in [0.25, 0.3) is 0 Å². The summed E-state index contributed by atoms with van der Waals surface area (Å²) in [6.07, 6.45) is 7.24. The van der Waals surface area contributed by atoms with Crippen LogP contribution in [0.25, 0.3) is 28.0 Å². The van der Waals surface area contributed by atoms with Crippen molar-refractivity contribution in [1.82, 2.24) is 30.1 Å². The van der Waals surface area contributed by atoms with Gasteiger partial charge in [-0.25, -0.2) is 4.68 Å². The van der Waals surface area contributed by atoms with Crippen molar-refractivity contribution in [2.24, 2.45) is 0 Å². The summed E-state index contributed by atoms with van der Waals surface area (Å²) in [7, 11) is 2.30. The molecule has 0 radical (unpaired) electrons. The number of aromatic nitrogens is 5. The summed E-state index contributed by atoms with van der Waals surface area (Å²) in [5.74, 6) is 0.680. The molecule has 2 aliphatic heterocycles. The van der Waals surface area contributed by atoms with Crippen molar-refractivity contribution >= 4 is 10.9 Å². The first kappa shape index (κ1) is 16.9. The predicted octanol–water partition coefficient (Wildman–Crippen LogP) is 4.15. The largest absolute Gasteiger partial charge is 0.300 e. The number of H-pyrrole nitrogens is 1. The van der Waals surface area contributed by atoms with Crippen LogP contribution in [0.3, 0.4) is 0 Å². The molecule has 0 unspecified atom stereocenters. The summed E-state index contributed by atoms with van der Waals surface area (Å²) in [6.45, 7) is 0. The monoisotopic (exact) mass is 384 g/mol. The Labute approximate surface area is 169 Å². The lowest BCUT2D eigenvalue weighted by Crippen LogP contribution is -2.39. The first-order valence-electron chi connectivity index (χ1n) is 10.4. The third-order valence-electron chi connectivity index (χ3n) is 6.93. The highest BCUT2D eigenvalue weighted by atomic mass is 15.4. The lowest BCUT2D eigenvalue weighted by atomic mass is 9.85. The predicted molar refractivity (Wildman–Crippen MR) is 113 cm³/mol. The number of aromatic amines is 1. The van der Waals surface area contributed by atoms with Crippen LogP contribution in [0, 0.1) is 0 Å². The van der Waals surface area contributed by atoms with Gasteiger partial charge in [-0.15, -0.1) is 5.10 Å². The molecule has 4 heterocycles. The van der Waals surface area contributed by atoms with Crippen LogP contribution in [0.5, 0.6) is 0 Å². The van der Waals surface area contributed by atoms with E-state index < -0.39 is 0 Å². The maximum absolute atomic E-state index is 4.43. The number of hydrogen-bond acceptors (Lipinski definition) is 4. The summed E-state index contributed by atoms with van der Waals surface area (Å²) < 4.78 is 1.83. The van der Waals surface area contributed by atoms with Crippen molar-refractivity contribution < 1.29 is 0 Å². The average molecular weight is 384 g/mol. The smallest absolute Gasteiger partial charge is 0.134 e. The van der Waals surface area contributed by atoms with Crippen molar-refractivity contribution in [3.8, 4) is 17.1 Å². The summed E-state index contributed by atoms with van der Waals surface area (Å²) in [6, 6.07) is 18.5. The maximum atomic E-state index is 4.43. The van der Waals surface area contributed by atoms with Gasteiger partial charge in [-0.3, -0.25) is 5.10 Å². The molecule has 2 aromatic carbocycles. The molecule has 2 saturated heterocycles.